The van der Waals surface area contributed by atoms with Crippen molar-refractivity contribution in [1.82, 2.24) is 4.98 Å². The average Bonchev–Trinajstić information content (AvgIpc) is 2.37. The van der Waals surface area contributed by atoms with Crippen LogP contribution in [-0.4, -0.2) is 11.6 Å². The first kappa shape index (κ1) is 12.4. The molecule has 0 aliphatic heterocycles. The number of ether oxygens (including phenoxy) is 1. The Kier molecular flexibility index (Phi) is 3.82. The van der Waals surface area contributed by atoms with Crippen LogP contribution in [-0.2, 0) is 0 Å². The molecule has 2 rings (SSSR count). The van der Waals surface area contributed by atoms with Crippen LogP contribution in [0.3, 0.4) is 0 Å². The number of nitrogens with one attached hydrogen (secondary N) is 1. The molecule has 0 fully saturated rings. The fourth-order valence-electron chi connectivity index (χ4n) is 1.89. The molecule has 3 heteroatoms. The molecule has 0 saturated carbocycles. The van der Waals surface area contributed by atoms with E-state index in [1.165, 1.54) is 6.07 Å². The van der Waals surface area contributed by atoms with E-state index in [-0.39, 0.29) is 5.43 Å². The van der Waals surface area contributed by atoms with Gasteiger partial charge in [0.1, 0.15) is 0 Å². The normalized spacial score (nSPS) is 11.2. The molecule has 1 heterocycles. The molecular weight excluding hydrogens is 226 g/mol. The van der Waals surface area contributed by atoms with E-state index in [9.17, 15) is 4.79 Å². The third kappa shape index (κ3) is 2.45. The summed E-state index contributed by atoms with van der Waals surface area (Å²) in [4.78, 5) is 15.1. The predicted octanol–water partition coefficient (Wildman–Crippen LogP) is 3.35. The van der Waals surface area contributed by atoms with Crippen molar-refractivity contribution >= 4 is 17.0 Å². The zero-order chi connectivity index (χ0) is 13.0. The number of pyridine rings is 1. The highest BCUT2D eigenvalue weighted by molar-refractivity contribution is 5.87. The lowest BCUT2D eigenvalue weighted by Gasteiger charge is -2.07. The molecule has 2 aromatic rings. The van der Waals surface area contributed by atoms with Gasteiger partial charge >= 0.3 is 0 Å². The molecule has 0 aliphatic rings. The molecular formula is C15H17NO2. The van der Waals surface area contributed by atoms with Crippen molar-refractivity contribution in [3.05, 3.63) is 46.1 Å². The van der Waals surface area contributed by atoms with Gasteiger partial charge in [0, 0.05) is 11.5 Å². The quantitative estimate of drug-likeness (QED) is 0.894. The van der Waals surface area contributed by atoms with Gasteiger partial charge < -0.3 is 9.72 Å². The first-order chi connectivity index (χ1) is 8.76. The monoisotopic (exact) mass is 243 g/mol. The SMILES string of the molecule is CC/C=C/c1cccc2c(=O)cc(OCC)[nH]c12. The number of hydrogen-bond acceptors (Lipinski definition) is 2. The summed E-state index contributed by atoms with van der Waals surface area (Å²) in [5.41, 5.74) is 1.82. The number of para-hydroxylation sites is 1. The summed E-state index contributed by atoms with van der Waals surface area (Å²) in [5.74, 6) is 0.521. The van der Waals surface area contributed by atoms with E-state index >= 15 is 0 Å². The number of benzene rings is 1. The van der Waals surface area contributed by atoms with Gasteiger partial charge in [-0.1, -0.05) is 31.2 Å². The Bertz CT molecular complexity index is 626. The maximum atomic E-state index is 12.0. The van der Waals surface area contributed by atoms with Gasteiger partial charge in [-0.3, -0.25) is 4.79 Å². The Hall–Kier alpha value is -2.03. The Morgan fingerprint density at radius 3 is 2.89 bits per heavy atom. The number of aromatic nitrogens is 1. The average molecular weight is 243 g/mol. The van der Waals surface area contributed by atoms with Crippen molar-refractivity contribution in [2.24, 2.45) is 0 Å². The van der Waals surface area contributed by atoms with Gasteiger partial charge in [-0.25, -0.2) is 0 Å². The molecule has 1 aromatic heterocycles. The summed E-state index contributed by atoms with van der Waals surface area (Å²) in [6.45, 7) is 4.51. The van der Waals surface area contributed by atoms with E-state index in [1.54, 1.807) is 0 Å². The second kappa shape index (κ2) is 5.54. The van der Waals surface area contributed by atoms with Crippen LogP contribution in [0.5, 0.6) is 5.88 Å². The molecule has 0 radical (unpaired) electrons. The lowest BCUT2D eigenvalue weighted by atomic mass is 10.1. The second-order valence-electron chi connectivity index (χ2n) is 4.01. The fraction of sp³-hybridized carbons (Fsp3) is 0.267. The summed E-state index contributed by atoms with van der Waals surface area (Å²) in [6.07, 6.45) is 5.06. The Balaban J connectivity index is 2.65. The summed E-state index contributed by atoms with van der Waals surface area (Å²) in [7, 11) is 0. The summed E-state index contributed by atoms with van der Waals surface area (Å²) >= 11 is 0. The van der Waals surface area contributed by atoms with Crippen LogP contribution in [0.25, 0.3) is 17.0 Å². The van der Waals surface area contributed by atoms with Crippen molar-refractivity contribution in [3.8, 4) is 5.88 Å². The number of allylic oxidation sites excluding steroid dienone is 1. The molecule has 1 aromatic carbocycles. The molecule has 0 unspecified atom stereocenters. The summed E-state index contributed by atoms with van der Waals surface area (Å²) in [5, 5.41) is 0.691. The van der Waals surface area contributed by atoms with Crippen LogP contribution < -0.4 is 10.2 Å². The highest BCUT2D eigenvalue weighted by atomic mass is 16.5. The number of fused-ring (bicyclic) bond motifs is 1. The van der Waals surface area contributed by atoms with Crippen molar-refractivity contribution in [2.45, 2.75) is 20.3 Å². The van der Waals surface area contributed by atoms with E-state index in [1.807, 2.05) is 31.2 Å². The van der Waals surface area contributed by atoms with Gasteiger partial charge in [0.2, 0.25) is 0 Å². The van der Waals surface area contributed by atoms with Gasteiger partial charge in [-0.05, 0) is 25.0 Å². The molecule has 0 bridgehead atoms. The highest BCUT2D eigenvalue weighted by Gasteiger charge is 2.05. The largest absolute Gasteiger partial charge is 0.479 e. The minimum absolute atomic E-state index is 0.0149. The van der Waals surface area contributed by atoms with E-state index in [0.717, 1.165) is 17.5 Å². The molecule has 0 atom stereocenters. The molecule has 0 spiro atoms. The van der Waals surface area contributed by atoms with E-state index < -0.39 is 0 Å². The molecule has 94 valence electrons. The van der Waals surface area contributed by atoms with Crippen molar-refractivity contribution in [2.75, 3.05) is 6.61 Å². The number of aromatic amines is 1. The topological polar surface area (TPSA) is 42.1 Å². The van der Waals surface area contributed by atoms with Crippen molar-refractivity contribution in [1.29, 1.82) is 0 Å². The third-order valence-corrected chi connectivity index (χ3v) is 2.71. The molecule has 3 nitrogen and oxygen atoms in total. The van der Waals surface area contributed by atoms with Crippen molar-refractivity contribution in [3.63, 3.8) is 0 Å². The van der Waals surface area contributed by atoms with Crippen LogP contribution in [0.15, 0.2) is 35.1 Å². The van der Waals surface area contributed by atoms with Crippen molar-refractivity contribution < 1.29 is 4.74 Å². The van der Waals surface area contributed by atoms with Gasteiger partial charge in [0.05, 0.1) is 12.1 Å². The zero-order valence-electron chi connectivity index (χ0n) is 10.7. The minimum atomic E-state index is -0.0149. The Morgan fingerprint density at radius 2 is 2.17 bits per heavy atom. The van der Waals surface area contributed by atoms with E-state index in [2.05, 4.69) is 18.0 Å². The Morgan fingerprint density at radius 1 is 1.33 bits per heavy atom. The minimum Gasteiger partial charge on any atom is -0.479 e. The molecule has 18 heavy (non-hydrogen) atoms. The second-order valence-corrected chi connectivity index (χ2v) is 4.01. The van der Waals surface area contributed by atoms with Crippen LogP contribution >= 0.6 is 0 Å². The van der Waals surface area contributed by atoms with Crippen LogP contribution in [0.2, 0.25) is 0 Å². The zero-order valence-corrected chi connectivity index (χ0v) is 10.7. The summed E-state index contributed by atoms with van der Waals surface area (Å²) in [6, 6.07) is 7.21. The first-order valence-electron chi connectivity index (χ1n) is 6.21. The van der Waals surface area contributed by atoms with Crippen LogP contribution in [0.1, 0.15) is 25.8 Å². The predicted molar refractivity (Wildman–Crippen MR) is 75.1 cm³/mol. The van der Waals surface area contributed by atoms with Gasteiger partial charge in [-0.2, -0.15) is 0 Å². The summed E-state index contributed by atoms with van der Waals surface area (Å²) < 4.78 is 5.37. The van der Waals surface area contributed by atoms with Gasteiger partial charge in [0.25, 0.3) is 0 Å². The van der Waals surface area contributed by atoms with Gasteiger partial charge in [0.15, 0.2) is 11.3 Å². The fourth-order valence-corrected chi connectivity index (χ4v) is 1.89. The number of H-pyrrole nitrogens is 1. The first-order valence-corrected chi connectivity index (χ1v) is 6.21. The van der Waals surface area contributed by atoms with Crippen LogP contribution in [0, 0.1) is 0 Å². The van der Waals surface area contributed by atoms with E-state index in [4.69, 9.17) is 4.74 Å². The number of hydrogen-bond donors (Lipinski definition) is 1. The Labute approximate surface area is 106 Å². The smallest absolute Gasteiger partial charge is 0.195 e. The molecule has 1 N–H and O–H groups in total. The molecule has 0 saturated heterocycles. The molecule has 0 amide bonds. The van der Waals surface area contributed by atoms with E-state index in [0.29, 0.717) is 17.9 Å². The highest BCUT2D eigenvalue weighted by Crippen LogP contribution is 2.18. The van der Waals surface area contributed by atoms with Crippen LogP contribution in [0.4, 0.5) is 0 Å². The number of rotatable bonds is 4. The maximum Gasteiger partial charge on any atom is 0.195 e. The third-order valence-electron chi connectivity index (χ3n) is 2.71. The lowest BCUT2D eigenvalue weighted by molar-refractivity contribution is 0.328. The lowest BCUT2D eigenvalue weighted by Crippen LogP contribution is -2.05. The molecule has 0 aliphatic carbocycles. The standard InChI is InChI=1S/C15H17NO2/c1-3-5-7-11-8-6-9-12-13(17)10-14(18-4-2)16-15(11)12/h5-10H,3-4H2,1-2H3,(H,16,17)/b7-5+. The maximum absolute atomic E-state index is 12.0. The van der Waals surface area contributed by atoms with Gasteiger partial charge in [-0.15, -0.1) is 0 Å².